The predicted molar refractivity (Wildman–Crippen MR) is 48.9 cm³/mol. The number of aromatic nitrogens is 2. The summed E-state index contributed by atoms with van der Waals surface area (Å²) in [6.45, 7) is 0. The second-order valence-electron chi connectivity index (χ2n) is 2.91. The van der Waals surface area contributed by atoms with Crippen LogP contribution < -0.4 is 0 Å². The van der Waals surface area contributed by atoms with Crippen molar-refractivity contribution in [2.45, 2.75) is 0 Å². The van der Waals surface area contributed by atoms with Gasteiger partial charge in [0, 0.05) is 6.07 Å². The summed E-state index contributed by atoms with van der Waals surface area (Å²) in [6, 6.07) is 4.41. The average molecular weight is 208 g/mol. The highest BCUT2D eigenvalue weighted by atomic mass is 19.1. The van der Waals surface area contributed by atoms with Crippen LogP contribution in [0.5, 0.6) is 0 Å². The van der Waals surface area contributed by atoms with Crippen molar-refractivity contribution >= 4 is 6.29 Å². The molecular formula is C10H6F2N2O. The molecule has 0 atom stereocenters. The van der Waals surface area contributed by atoms with E-state index in [1.807, 2.05) is 0 Å². The normalized spacial score (nSPS) is 10.3. The monoisotopic (exact) mass is 208 g/mol. The molecule has 0 spiro atoms. The van der Waals surface area contributed by atoms with E-state index in [1.54, 1.807) is 0 Å². The molecule has 0 amide bonds. The second kappa shape index (κ2) is 3.61. The maximum absolute atomic E-state index is 12.9. The molecule has 0 aliphatic rings. The maximum atomic E-state index is 12.9. The molecule has 1 heterocycles. The third-order valence-corrected chi connectivity index (χ3v) is 1.88. The van der Waals surface area contributed by atoms with Crippen molar-refractivity contribution in [3.05, 3.63) is 47.8 Å². The fourth-order valence-electron chi connectivity index (χ4n) is 1.28. The van der Waals surface area contributed by atoms with Gasteiger partial charge in [0.1, 0.15) is 17.3 Å². The van der Waals surface area contributed by atoms with Gasteiger partial charge in [0.25, 0.3) is 0 Å². The molecular weight excluding hydrogens is 202 g/mol. The largest absolute Gasteiger partial charge is 0.296 e. The minimum Gasteiger partial charge on any atom is -0.296 e. The lowest BCUT2D eigenvalue weighted by Gasteiger charge is -2.03. The summed E-state index contributed by atoms with van der Waals surface area (Å²) in [4.78, 5) is 10.6. The minimum atomic E-state index is -0.711. The lowest BCUT2D eigenvalue weighted by Crippen LogP contribution is -2.02. The first-order valence-corrected chi connectivity index (χ1v) is 4.16. The highest BCUT2D eigenvalue weighted by Crippen LogP contribution is 2.13. The zero-order valence-corrected chi connectivity index (χ0v) is 7.52. The van der Waals surface area contributed by atoms with Crippen molar-refractivity contribution in [3.63, 3.8) is 0 Å². The van der Waals surface area contributed by atoms with Crippen LogP contribution in [-0.4, -0.2) is 16.1 Å². The molecule has 5 heteroatoms. The Hall–Kier alpha value is -2.04. The number of rotatable bonds is 2. The highest BCUT2D eigenvalue weighted by Gasteiger charge is 2.06. The van der Waals surface area contributed by atoms with E-state index in [2.05, 4.69) is 5.10 Å². The molecule has 2 aromatic rings. The predicted octanol–water partition coefficient (Wildman–Crippen LogP) is 1.96. The van der Waals surface area contributed by atoms with Crippen LogP contribution in [-0.2, 0) is 0 Å². The Bertz CT molecular complexity index is 488. The zero-order valence-electron chi connectivity index (χ0n) is 7.52. The topological polar surface area (TPSA) is 34.9 Å². The van der Waals surface area contributed by atoms with Crippen LogP contribution in [0.3, 0.4) is 0 Å². The van der Waals surface area contributed by atoms with Crippen LogP contribution in [0.4, 0.5) is 8.78 Å². The van der Waals surface area contributed by atoms with Gasteiger partial charge in [-0.15, -0.1) is 0 Å². The summed E-state index contributed by atoms with van der Waals surface area (Å²) in [7, 11) is 0. The maximum Gasteiger partial charge on any atom is 0.168 e. The van der Waals surface area contributed by atoms with Gasteiger partial charge in [0.15, 0.2) is 6.29 Å². The first-order valence-electron chi connectivity index (χ1n) is 4.16. The third-order valence-electron chi connectivity index (χ3n) is 1.88. The van der Waals surface area contributed by atoms with Gasteiger partial charge in [0.2, 0.25) is 0 Å². The van der Waals surface area contributed by atoms with E-state index < -0.39 is 11.6 Å². The van der Waals surface area contributed by atoms with Gasteiger partial charge in [-0.2, -0.15) is 5.10 Å². The van der Waals surface area contributed by atoms with Crippen molar-refractivity contribution in [2.24, 2.45) is 0 Å². The zero-order chi connectivity index (χ0) is 10.8. The Labute approximate surface area is 84.0 Å². The average Bonchev–Trinajstić information content (AvgIpc) is 2.63. The molecule has 0 aliphatic heterocycles. The van der Waals surface area contributed by atoms with E-state index >= 15 is 0 Å². The van der Waals surface area contributed by atoms with Gasteiger partial charge < -0.3 is 0 Å². The van der Waals surface area contributed by atoms with Crippen LogP contribution in [0.1, 0.15) is 10.5 Å². The van der Waals surface area contributed by atoms with Crippen LogP contribution in [0.25, 0.3) is 5.69 Å². The van der Waals surface area contributed by atoms with Crippen LogP contribution in [0, 0.1) is 11.6 Å². The van der Waals surface area contributed by atoms with E-state index in [0.29, 0.717) is 6.29 Å². The summed E-state index contributed by atoms with van der Waals surface area (Å²) in [5.74, 6) is -1.42. The first kappa shape index (κ1) is 9.51. The molecule has 0 saturated heterocycles. The van der Waals surface area contributed by atoms with Crippen LogP contribution in [0.2, 0.25) is 0 Å². The molecule has 0 N–H and O–H groups in total. The van der Waals surface area contributed by atoms with E-state index in [-0.39, 0.29) is 11.4 Å². The molecule has 15 heavy (non-hydrogen) atoms. The Balaban J connectivity index is 2.58. The van der Waals surface area contributed by atoms with Crippen molar-refractivity contribution in [3.8, 4) is 5.69 Å². The van der Waals surface area contributed by atoms with E-state index in [4.69, 9.17) is 0 Å². The molecule has 0 unspecified atom stereocenters. The molecule has 2 rings (SSSR count). The summed E-state index contributed by atoms with van der Waals surface area (Å²) in [5.41, 5.74) is 0.416. The third kappa shape index (κ3) is 1.76. The number of carbonyl (C=O) groups excluding carboxylic acids is 1. The van der Waals surface area contributed by atoms with Gasteiger partial charge in [-0.3, -0.25) is 4.79 Å². The molecule has 1 aromatic carbocycles. The van der Waals surface area contributed by atoms with Crippen molar-refractivity contribution in [1.29, 1.82) is 0 Å². The SMILES string of the molecule is O=Cc1ccnn1-c1cc(F)cc(F)c1. The van der Waals surface area contributed by atoms with Gasteiger partial charge in [-0.25, -0.2) is 13.5 Å². The molecule has 0 saturated carbocycles. The summed E-state index contributed by atoms with van der Waals surface area (Å²) in [6.07, 6.45) is 1.95. The summed E-state index contributed by atoms with van der Waals surface area (Å²) in [5, 5.41) is 3.79. The Morgan fingerprint density at radius 1 is 1.20 bits per heavy atom. The Morgan fingerprint density at radius 3 is 2.47 bits per heavy atom. The smallest absolute Gasteiger partial charge is 0.168 e. The quantitative estimate of drug-likeness (QED) is 0.707. The lowest BCUT2D eigenvalue weighted by atomic mass is 10.3. The second-order valence-corrected chi connectivity index (χ2v) is 2.91. The minimum absolute atomic E-state index is 0.180. The van der Waals surface area contributed by atoms with E-state index in [9.17, 15) is 13.6 Å². The number of aldehydes is 1. The van der Waals surface area contributed by atoms with Crippen LogP contribution >= 0.6 is 0 Å². The Kier molecular flexibility index (Phi) is 2.29. The molecule has 0 bridgehead atoms. The van der Waals surface area contributed by atoms with E-state index in [0.717, 1.165) is 18.2 Å². The van der Waals surface area contributed by atoms with Crippen molar-refractivity contribution < 1.29 is 13.6 Å². The molecule has 1 aromatic heterocycles. The van der Waals surface area contributed by atoms with Crippen molar-refractivity contribution in [2.75, 3.05) is 0 Å². The molecule has 0 fully saturated rings. The number of carbonyl (C=O) groups is 1. The number of benzene rings is 1. The number of hydrogen-bond donors (Lipinski definition) is 0. The molecule has 76 valence electrons. The molecule has 0 aliphatic carbocycles. The van der Waals surface area contributed by atoms with Crippen LogP contribution in [0.15, 0.2) is 30.5 Å². The summed E-state index contributed by atoms with van der Waals surface area (Å²) < 4.78 is 26.9. The van der Waals surface area contributed by atoms with Gasteiger partial charge >= 0.3 is 0 Å². The van der Waals surface area contributed by atoms with Gasteiger partial charge in [-0.05, 0) is 18.2 Å². The molecule has 0 radical (unpaired) electrons. The fraction of sp³-hybridized carbons (Fsp3) is 0. The summed E-state index contributed by atoms with van der Waals surface area (Å²) >= 11 is 0. The molecule has 3 nitrogen and oxygen atoms in total. The van der Waals surface area contributed by atoms with Gasteiger partial charge in [-0.1, -0.05) is 0 Å². The van der Waals surface area contributed by atoms with E-state index in [1.165, 1.54) is 16.9 Å². The number of halogens is 2. The lowest BCUT2D eigenvalue weighted by molar-refractivity contribution is 0.111. The first-order chi connectivity index (χ1) is 7.20. The number of hydrogen-bond acceptors (Lipinski definition) is 2. The standard InChI is InChI=1S/C10H6F2N2O/c11-7-3-8(12)5-10(4-7)14-9(6-15)1-2-13-14/h1-6H. The Morgan fingerprint density at radius 2 is 1.87 bits per heavy atom. The fourth-order valence-corrected chi connectivity index (χ4v) is 1.28. The van der Waals surface area contributed by atoms with Gasteiger partial charge in [0.05, 0.1) is 11.9 Å². The number of nitrogens with zero attached hydrogens (tertiary/aromatic N) is 2. The van der Waals surface area contributed by atoms with Crippen molar-refractivity contribution in [1.82, 2.24) is 9.78 Å². The highest BCUT2D eigenvalue weighted by molar-refractivity contribution is 5.73.